The summed E-state index contributed by atoms with van der Waals surface area (Å²) in [5.41, 5.74) is 2.01. The van der Waals surface area contributed by atoms with Crippen LogP contribution in [0, 0.1) is 12.9 Å². The van der Waals surface area contributed by atoms with Crippen LogP contribution in [0.15, 0.2) is 24.3 Å². The van der Waals surface area contributed by atoms with Gasteiger partial charge >= 0.3 is 0 Å². The molecule has 1 heterocycles. The molecule has 0 fully saturated rings. The zero-order chi connectivity index (χ0) is 17.9. The minimum atomic E-state index is -0.637. The summed E-state index contributed by atoms with van der Waals surface area (Å²) < 4.78 is 15.1. The van der Waals surface area contributed by atoms with E-state index in [1.54, 1.807) is 6.92 Å². The van der Waals surface area contributed by atoms with E-state index in [0.29, 0.717) is 11.4 Å². The van der Waals surface area contributed by atoms with Gasteiger partial charge in [0.05, 0.1) is 5.69 Å². The number of para-hydroxylation sites is 1. The lowest BCUT2D eigenvalue weighted by Crippen LogP contribution is -2.16. The summed E-state index contributed by atoms with van der Waals surface area (Å²) in [5.74, 6) is -0.943. The number of aromatic nitrogens is 2. The smallest absolute Gasteiger partial charge is 0.262 e. The van der Waals surface area contributed by atoms with E-state index in [9.17, 15) is 9.18 Å². The van der Waals surface area contributed by atoms with E-state index in [1.165, 1.54) is 7.05 Å². The molecule has 1 N–H and O–H groups in total. The average Bonchev–Trinajstić information content (AvgIpc) is 2.80. The molecule has 0 aliphatic rings. The van der Waals surface area contributed by atoms with Gasteiger partial charge in [-0.05, 0) is 37.3 Å². The molecule has 4 nitrogen and oxygen atoms in total. The third-order valence-corrected chi connectivity index (χ3v) is 4.66. The Morgan fingerprint density at radius 3 is 2.67 bits per heavy atom. The number of nitrogens with zero attached hydrogens (tertiary/aromatic N) is 2. The van der Waals surface area contributed by atoms with Crippen LogP contribution in [-0.2, 0) is 7.05 Å². The van der Waals surface area contributed by atoms with Gasteiger partial charge in [-0.2, -0.15) is 9.49 Å². The minimum absolute atomic E-state index is 0.0243. The van der Waals surface area contributed by atoms with Crippen LogP contribution in [0.3, 0.4) is 0 Å². The summed E-state index contributed by atoms with van der Waals surface area (Å²) in [5, 5.41) is 6.85. The lowest BCUT2D eigenvalue weighted by atomic mass is 9.93. The molecule has 0 aliphatic heterocycles. The fourth-order valence-electron chi connectivity index (χ4n) is 2.79. The standard InChI is InChI=1S/C18H23ClFN3O/c1-5-13(19)10-11(2)14-8-6-7-9-15(14)21-18(24)16-12(3)22-23(4)17(16)20/h6-9,11,13H,5,10H2,1-4H3,(H,21,24). The van der Waals surface area contributed by atoms with Gasteiger partial charge in [-0.1, -0.05) is 32.0 Å². The van der Waals surface area contributed by atoms with Gasteiger partial charge in [0.15, 0.2) is 0 Å². The molecule has 2 aromatic rings. The molecule has 0 bridgehead atoms. The highest BCUT2D eigenvalue weighted by atomic mass is 35.5. The Morgan fingerprint density at radius 2 is 2.08 bits per heavy atom. The van der Waals surface area contributed by atoms with Crippen LogP contribution in [0.4, 0.5) is 10.1 Å². The first-order valence-electron chi connectivity index (χ1n) is 8.08. The molecule has 0 spiro atoms. The fourth-order valence-corrected chi connectivity index (χ4v) is 3.06. The Bertz CT molecular complexity index is 729. The van der Waals surface area contributed by atoms with Crippen molar-refractivity contribution >= 4 is 23.2 Å². The average molecular weight is 352 g/mol. The monoisotopic (exact) mass is 351 g/mol. The van der Waals surface area contributed by atoms with Crippen molar-refractivity contribution in [3.05, 3.63) is 47.0 Å². The molecule has 0 saturated heterocycles. The van der Waals surface area contributed by atoms with E-state index < -0.39 is 11.9 Å². The van der Waals surface area contributed by atoms with Gasteiger partial charge in [0.2, 0.25) is 5.95 Å². The highest BCUT2D eigenvalue weighted by molar-refractivity contribution is 6.20. The molecule has 24 heavy (non-hydrogen) atoms. The van der Waals surface area contributed by atoms with Crippen LogP contribution < -0.4 is 5.32 Å². The Balaban J connectivity index is 2.25. The van der Waals surface area contributed by atoms with Crippen molar-refractivity contribution in [2.45, 2.75) is 44.9 Å². The van der Waals surface area contributed by atoms with E-state index in [2.05, 4.69) is 17.3 Å². The maximum atomic E-state index is 14.1. The van der Waals surface area contributed by atoms with Crippen molar-refractivity contribution in [3.63, 3.8) is 0 Å². The predicted molar refractivity (Wildman–Crippen MR) is 95.3 cm³/mol. The van der Waals surface area contributed by atoms with Gasteiger partial charge in [0, 0.05) is 18.1 Å². The van der Waals surface area contributed by atoms with Crippen LogP contribution in [-0.4, -0.2) is 21.1 Å². The molecule has 130 valence electrons. The van der Waals surface area contributed by atoms with Crippen LogP contribution >= 0.6 is 11.6 Å². The number of halogens is 2. The van der Waals surface area contributed by atoms with E-state index in [-0.39, 0.29) is 16.9 Å². The molecule has 0 radical (unpaired) electrons. The number of hydrogen-bond donors (Lipinski definition) is 1. The lowest BCUT2D eigenvalue weighted by molar-refractivity contribution is 0.102. The number of hydrogen-bond acceptors (Lipinski definition) is 2. The van der Waals surface area contributed by atoms with E-state index in [4.69, 9.17) is 11.6 Å². The Labute approximate surface area is 147 Å². The molecule has 1 aromatic heterocycles. The van der Waals surface area contributed by atoms with Crippen LogP contribution in [0.25, 0.3) is 0 Å². The molecule has 2 atom stereocenters. The lowest BCUT2D eigenvalue weighted by Gasteiger charge is -2.19. The summed E-state index contributed by atoms with van der Waals surface area (Å²) in [6.45, 7) is 5.74. The highest BCUT2D eigenvalue weighted by Gasteiger charge is 2.22. The molecule has 2 rings (SSSR count). The van der Waals surface area contributed by atoms with Crippen molar-refractivity contribution in [1.29, 1.82) is 0 Å². The number of alkyl halides is 1. The number of rotatable bonds is 6. The third-order valence-electron chi connectivity index (χ3n) is 4.17. The number of carbonyl (C=O) groups is 1. The molecule has 1 aromatic carbocycles. The summed E-state index contributed by atoms with van der Waals surface area (Å²) in [7, 11) is 1.47. The first kappa shape index (κ1) is 18.5. The van der Waals surface area contributed by atoms with Gasteiger partial charge in [-0.15, -0.1) is 11.6 Å². The van der Waals surface area contributed by atoms with Crippen molar-refractivity contribution < 1.29 is 9.18 Å². The number of carbonyl (C=O) groups excluding carboxylic acids is 1. The van der Waals surface area contributed by atoms with Gasteiger partial charge in [-0.25, -0.2) is 4.68 Å². The number of benzene rings is 1. The van der Waals surface area contributed by atoms with Crippen LogP contribution in [0.1, 0.15) is 54.2 Å². The third kappa shape index (κ3) is 3.96. The van der Waals surface area contributed by atoms with Crippen molar-refractivity contribution in [2.75, 3.05) is 5.32 Å². The molecular formula is C18H23ClFN3O. The second-order valence-corrected chi connectivity index (χ2v) is 6.68. The Morgan fingerprint density at radius 1 is 1.42 bits per heavy atom. The zero-order valence-corrected chi connectivity index (χ0v) is 15.2. The predicted octanol–water partition coefficient (Wildman–Crippen LogP) is 4.63. The second kappa shape index (κ2) is 7.79. The van der Waals surface area contributed by atoms with Crippen molar-refractivity contribution in [3.8, 4) is 0 Å². The first-order valence-corrected chi connectivity index (χ1v) is 8.52. The summed E-state index contributed by atoms with van der Waals surface area (Å²) in [4.78, 5) is 12.5. The molecular weight excluding hydrogens is 329 g/mol. The number of aryl methyl sites for hydroxylation is 2. The van der Waals surface area contributed by atoms with Gasteiger partial charge in [0.1, 0.15) is 5.56 Å². The van der Waals surface area contributed by atoms with E-state index >= 15 is 0 Å². The van der Waals surface area contributed by atoms with Gasteiger partial charge < -0.3 is 5.32 Å². The number of nitrogens with one attached hydrogen (secondary N) is 1. The Kier molecular flexibility index (Phi) is 5.99. The largest absolute Gasteiger partial charge is 0.322 e. The second-order valence-electron chi connectivity index (χ2n) is 6.06. The minimum Gasteiger partial charge on any atom is -0.322 e. The molecule has 1 amide bonds. The fraction of sp³-hybridized carbons (Fsp3) is 0.444. The topological polar surface area (TPSA) is 46.9 Å². The quantitative estimate of drug-likeness (QED) is 0.771. The zero-order valence-electron chi connectivity index (χ0n) is 14.4. The maximum Gasteiger partial charge on any atom is 0.262 e. The summed E-state index contributed by atoms with van der Waals surface area (Å²) in [6.07, 6.45) is 1.70. The van der Waals surface area contributed by atoms with Gasteiger partial charge in [-0.3, -0.25) is 4.79 Å². The molecule has 0 saturated carbocycles. The van der Waals surface area contributed by atoms with Crippen molar-refractivity contribution in [2.24, 2.45) is 7.05 Å². The summed E-state index contributed by atoms with van der Waals surface area (Å²) >= 11 is 6.26. The first-order chi connectivity index (χ1) is 11.3. The molecule has 2 unspecified atom stereocenters. The SMILES string of the molecule is CCC(Cl)CC(C)c1ccccc1NC(=O)c1c(C)nn(C)c1F. The molecule has 6 heteroatoms. The number of amides is 1. The van der Waals surface area contributed by atoms with E-state index in [1.807, 2.05) is 31.2 Å². The highest BCUT2D eigenvalue weighted by Crippen LogP contribution is 2.30. The van der Waals surface area contributed by atoms with Crippen LogP contribution in [0.5, 0.6) is 0 Å². The number of anilines is 1. The van der Waals surface area contributed by atoms with Gasteiger partial charge in [0.25, 0.3) is 5.91 Å². The summed E-state index contributed by atoms with van der Waals surface area (Å²) in [6, 6.07) is 7.55. The Hall–Kier alpha value is -1.88. The van der Waals surface area contributed by atoms with E-state index in [0.717, 1.165) is 23.1 Å². The molecule has 0 aliphatic carbocycles. The maximum absolute atomic E-state index is 14.1. The normalized spacial score (nSPS) is 13.6. The van der Waals surface area contributed by atoms with Crippen LogP contribution in [0.2, 0.25) is 0 Å². The van der Waals surface area contributed by atoms with Crippen molar-refractivity contribution in [1.82, 2.24) is 9.78 Å².